The van der Waals surface area contributed by atoms with Gasteiger partial charge < -0.3 is 14.7 Å². The molecule has 1 N–H and O–H groups in total. The van der Waals surface area contributed by atoms with Crippen LogP contribution >= 0.6 is 0 Å². The highest BCUT2D eigenvalue weighted by atomic mass is 16.6. The number of rotatable bonds is 4. The molecule has 0 bridgehead atoms. The second-order valence-corrected chi connectivity index (χ2v) is 8.54. The molecule has 2 heterocycles. The Morgan fingerprint density at radius 3 is 2.31 bits per heavy atom. The van der Waals surface area contributed by atoms with E-state index in [1.165, 1.54) is 0 Å². The Balaban J connectivity index is 2.11. The van der Waals surface area contributed by atoms with Gasteiger partial charge in [-0.15, -0.1) is 0 Å². The summed E-state index contributed by atoms with van der Waals surface area (Å²) in [6.45, 7) is 12.3. The minimum atomic E-state index is -0.867. The lowest BCUT2D eigenvalue weighted by molar-refractivity contribution is -0.152. The van der Waals surface area contributed by atoms with Gasteiger partial charge in [0.1, 0.15) is 5.60 Å². The lowest BCUT2D eigenvalue weighted by atomic mass is 9.74. The molecule has 1 fully saturated rings. The first kappa shape index (κ1) is 20.3. The number of piperidine rings is 1. The third-order valence-corrected chi connectivity index (χ3v) is 4.90. The van der Waals surface area contributed by atoms with Crippen molar-refractivity contribution in [3.63, 3.8) is 0 Å². The molecule has 0 aromatic carbocycles. The van der Waals surface area contributed by atoms with Crippen LogP contribution in [-0.4, -0.2) is 50.5 Å². The van der Waals surface area contributed by atoms with Gasteiger partial charge in [0.15, 0.2) is 0 Å². The zero-order valence-electron chi connectivity index (χ0n) is 16.7. The van der Waals surface area contributed by atoms with E-state index in [-0.39, 0.29) is 12.1 Å². The SMILES string of the molecule is Cc1nn(C(C)C)cc1CC1(C(=O)O)CCN(C(=O)OC(C)(C)C)CC1. The normalized spacial score (nSPS) is 17.4. The smallest absolute Gasteiger partial charge is 0.410 e. The van der Waals surface area contributed by atoms with Crippen LogP contribution < -0.4 is 0 Å². The van der Waals surface area contributed by atoms with Crippen molar-refractivity contribution >= 4 is 12.1 Å². The second-order valence-electron chi connectivity index (χ2n) is 8.54. The minimum absolute atomic E-state index is 0.234. The monoisotopic (exact) mass is 365 g/mol. The highest BCUT2D eigenvalue weighted by molar-refractivity contribution is 5.76. The molecule has 7 nitrogen and oxygen atoms in total. The maximum Gasteiger partial charge on any atom is 0.410 e. The third kappa shape index (κ3) is 4.56. The van der Waals surface area contributed by atoms with E-state index in [2.05, 4.69) is 5.10 Å². The van der Waals surface area contributed by atoms with E-state index in [1.807, 2.05) is 52.4 Å². The van der Waals surface area contributed by atoms with Crippen molar-refractivity contribution < 1.29 is 19.4 Å². The molecule has 1 aromatic rings. The number of hydrogen-bond donors (Lipinski definition) is 1. The summed E-state index contributed by atoms with van der Waals surface area (Å²) in [7, 11) is 0. The quantitative estimate of drug-likeness (QED) is 0.884. The minimum Gasteiger partial charge on any atom is -0.481 e. The average molecular weight is 365 g/mol. The van der Waals surface area contributed by atoms with Gasteiger partial charge in [-0.25, -0.2) is 4.79 Å². The summed E-state index contributed by atoms with van der Waals surface area (Å²) < 4.78 is 7.27. The van der Waals surface area contributed by atoms with Gasteiger partial charge >= 0.3 is 12.1 Å². The van der Waals surface area contributed by atoms with Crippen molar-refractivity contribution in [2.45, 2.75) is 72.4 Å². The van der Waals surface area contributed by atoms with E-state index in [1.54, 1.807) is 4.90 Å². The molecule has 0 aliphatic carbocycles. The fourth-order valence-electron chi connectivity index (χ4n) is 3.23. The predicted octanol–water partition coefficient (Wildman–Crippen LogP) is 3.42. The zero-order chi connectivity index (χ0) is 19.7. The molecule has 26 heavy (non-hydrogen) atoms. The Hall–Kier alpha value is -2.05. The number of carbonyl (C=O) groups is 2. The highest BCUT2D eigenvalue weighted by Gasteiger charge is 2.43. The molecule has 1 aromatic heterocycles. The van der Waals surface area contributed by atoms with E-state index >= 15 is 0 Å². The summed E-state index contributed by atoms with van der Waals surface area (Å²) in [6, 6.07) is 0.234. The van der Waals surface area contributed by atoms with Gasteiger partial charge in [0, 0.05) is 25.3 Å². The van der Waals surface area contributed by atoms with Crippen molar-refractivity contribution in [3.05, 3.63) is 17.5 Å². The molecule has 146 valence electrons. The Labute approximate surface area is 155 Å². The fourth-order valence-corrected chi connectivity index (χ4v) is 3.23. The van der Waals surface area contributed by atoms with Gasteiger partial charge in [-0.2, -0.15) is 5.10 Å². The van der Waals surface area contributed by atoms with Crippen LogP contribution in [0, 0.1) is 12.3 Å². The maximum absolute atomic E-state index is 12.2. The number of nitrogens with zero attached hydrogens (tertiary/aromatic N) is 3. The van der Waals surface area contributed by atoms with Gasteiger partial charge in [0.05, 0.1) is 11.1 Å². The first-order chi connectivity index (χ1) is 11.9. The molecule has 7 heteroatoms. The molecular weight excluding hydrogens is 334 g/mol. The van der Waals surface area contributed by atoms with Crippen molar-refractivity contribution in [2.24, 2.45) is 5.41 Å². The van der Waals surface area contributed by atoms with Gasteiger partial charge in [-0.05, 0) is 66.4 Å². The van der Waals surface area contributed by atoms with Crippen LogP contribution in [0.5, 0.6) is 0 Å². The van der Waals surface area contributed by atoms with Gasteiger partial charge in [0.25, 0.3) is 0 Å². The van der Waals surface area contributed by atoms with E-state index in [0.717, 1.165) is 11.3 Å². The van der Waals surface area contributed by atoms with Crippen LogP contribution in [-0.2, 0) is 16.0 Å². The average Bonchev–Trinajstić information content (AvgIpc) is 2.87. The number of carboxylic acid groups (broad SMARTS) is 1. The number of aromatic nitrogens is 2. The van der Waals surface area contributed by atoms with Crippen molar-refractivity contribution in [1.82, 2.24) is 14.7 Å². The van der Waals surface area contributed by atoms with Crippen LogP contribution in [0.25, 0.3) is 0 Å². The van der Waals surface area contributed by atoms with Crippen LogP contribution in [0.3, 0.4) is 0 Å². The van der Waals surface area contributed by atoms with E-state index < -0.39 is 17.0 Å². The summed E-state index contributed by atoms with van der Waals surface area (Å²) in [5.74, 6) is -0.807. The first-order valence-electron chi connectivity index (χ1n) is 9.19. The summed E-state index contributed by atoms with van der Waals surface area (Å²) in [5.41, 5.74) is 0.412. The molecule has 0 spiro atoms. The summed E-state index contributed by atoms with van der Waals surface area (Å²) >= 11 is 0. The molecule has 1 aliphatic heterocycles. The molecule has 1 amide bonds. The third-order valence-electron chi connectivity index (χ3n) is 4.90. The van der Waals surface area contributed by atoms with Crippen molar-refractivity contribution in [1.29, 1.82) is 0 Å². The number of hydrogen-bond acceptors (Lipinski definition) is 4. The zero-order valence-corrected chi connectivity index (χ0v) is 16.7. The van der Waals surface area contributed by atoms with E-state index in [0.29, 0.717) is 32.4 Å². The molecule has 0 radical (unpaired) electrons. The lowest BCUT2D eigenvalue weighted by Gasteiger charge is -2.39. The van der Waals surface area contributed by atoms with Gasteiger partial charge in [-0.1, -0.05) is 0 Å². The topological polar surface area (TPSA) is 84.7 Å². The number of amides is 1. The van der Waals surface area contributed by atoms with Crippen LogP contribution in [0.2, 0.25) is 0 Å². The number of ether oxygens (including phenoxy) is 1. The van der Waals surface area contributed by atoms with Crippen molar-refractivity contribution in [2.75, 3.05) is 13.1 Å². The largest absolute Gasteiger partial charge is 0.481 e. The standard InChI is InChI=1S/C19H31N3O4/c1-13(2)22-12-15(14(3)20-22)11-19(16(23)24)7-9-21(10-8-19)17(25)26-18(4,5)6/h12-13H,7-11H2,1-6H3,(H,23,24). The molecule has 1 saturated heterocycles. The van der Waals surface area contributed by atoms with Gasteiger partial charge in [-0.3, -0.25) is 9.48 Å². The Morgan fingerprint density at radius 1 is 1.31 bits per heavy atom. The van der Waals surface area contributed by atoms with Gasteiger partial charge in [0.2, 0.25) is 0 Å². The Morgan fingerprint density at radius 2 is 1.88 bits per heavy atom. The number of carbonyl (C=O) groups excluding carboxylic acids is 1. The first-order valence-corrected chi connectivity index (χ1v) is 9.19. The number of carboxylic acids is 1. The number of aryl methyl sites for hydroxylation is 1. The lowest BCUT2D eigenvalue weighted by Crippen LogP contribution is -2.48. The van der Waals surface area contributed by atoms with Crippen molar-refractivity contribution in [3.8, 4) is 0 Å². The summed E-state index contributed by atoms with van der Waals surface area (Å²) in [5, 5.41) is 14.4. The fraction of sp³-hybridized carbons (Fsp3) is 0.737. The summed E-state index contributed by atoms with van der Waals surface area (Å²) in [4.78, 5) is 25.9. The number of aliphatic carboxylic acids is 1. The molecule has 0 unspecified atom stereocenters. The highest BCUT2D eigenvalue weighted by Crippen LogP contribution is 2.36. The molecular formula is C19H31N3O4. The molecule has 2 rings (SSSR count). The van der Waals surface area contributed by atoms with E-state index in [4.69, 9.17) is 4.74 Å². The Bertz CT molecular complexity index is 665. The van der Waals surface area contributed by atoms with Crippen LogP contribution in [0.1, 0.15) is 64.8 Å². The Kier molecular flexibility index (Phi) is 5.68. The van der Waals surface area contributed by atoms with Crippen LogP contribution in [0.4, 0.5) is 4.79 Å². The van der Waals surface area contributed by atoms with E-state index in [9.17, 15) is 14.7 Å². The maximum atomic E-state index is 12.2. The predicted molar refractivity (Wildman–Crippen MR) is 98.2 cm³/mol. The summed E-state index contributed by atoms with van der Waals surface area (Å²) in [6.07, 6.45) is 2.83. The number of likely N-dealkylation sites (tertiary alicyclic amines) is 1. The second kappa shape index (κ2) is 7.29. The molecule has 0 saturated carbocycles. The van der Waals surface area contributed by atoms with Crippen LogP contribution in [0.15, 0.2) is 6.20 Å². The molecule has 1 aliphatic rings. The molecule has 0 atom stereocenters.